The van der Waals surface area contributed by atoms with Gasteiger partial charge in [-0.25, -0.2) is 17.5 Å². The molecule has 1 aromatic carbocycles. The van der Waals surface area contributed by atoms with Gasteiger partial charge < -0.3 is 0 Å². The van der Waals surface area contributed by atoms with Crippen LogP contribution in [0.25, 0.3) is 0 Å². The third kappa shape index (κ3) is 4.81. The predicted octanol–water partition coefficient (Wildman–Crippen LogP) is 3.68. The number of rotatable bonds is 6. The number of nitrogens with one attached hydrogen (secondary N) is 1. The Hall–Kier alpha value is 0.0200. The molecule has 0 fully saturated rings. The van der Waals surface area contributed by atoms with Crippen LogP contribution in [0.1, 0.15) is 20.3 Å². The standard InChI is InChI=1S/C12H16Br2FNO2S/c1-8(2)11(5-6-13)16-19(17,18)12-4-3-9(14)7-10(12)15/h3-4,7-8,11,16H,5-6H2,1-2H3. The minimum atomic E-state index is -3.84. The Morgan fingerprint density at radius 1 is 1.37 bits per heavy atom. The van der Waals surface area contributed by atoms with Crippen LogP contribution < -0.4 is 4.72 Å². The van der Waals surface area contributed by atoms with Crippen LogP contribution in [0.15, 0.2) is 27.6 Å². The van der Waals surface area contributed by atoms with Gasteiger partial charge in [-0.3, -0.25) is 0 Å². The second kappa shape index (κ2) is 7.15. The van der Waals surface area contributed by atoms with Crippen molar-refractivity contribution in [1.29, 1.82) is 0 Å². The lowest BCUT2D eigenvalue weighted by Gasteiger charge is -2.21. The first-order valence-corrected chi connectivity index (χ1v) is 9.21. The first-order chi connectivity index (χ1) is 8.77. The van der Waals surface area contributed by atoms with E-state index in [1.165, 1.54) is 12.1 Å². The Morgan fingerprint density at radius 3 is 2.47 bits per heavy atom. The van der Waals surface area contributed by atoms with Crippen molar-refractivity contribution < 1.29 is 12.8 Å². The van der Waals surface area contributed by atoms with E-state index < -0.39 is 15.8 Å². The van der Waals surface area contributed by atoms with Crippen molar-refractivity contribution in [2.24, 2.45) is 5.92 Å². The molecule has 3 nitrogen and oxygen atoms in total. The SMILES string of the molecule is CC(C)C(CCBr)NS(=O)(=O)c1ccc(Br)cc1F. The molecule has 0 aliphatic carbocycles. The molecule has 1 rings (SSSR count). The fourth-order valence-corrected chi connectivity index (χ4v) is 3.91. The maximum absolute atomic E-state index is 13.7. The normalized spacial score (nSPS) is 13.8. The molecule has 0 spiro atoms. The van der Waals surface area contributed by atoms with Gasteiger partial charge in [0.15, 0.2) is 0 Å². The van der Waals surface area contributed by atoms with Crippen LogP contribution >= 0.6 is 31.9 Å². The molecule has 0 aliphatic heterocycles. The molecule has 19 heavy (non-hydrogen) atoms. The van der Waals surface area contributed by atoms with E-state index in [1.54, 1.807) is 0 Å². The number of benzene rings is 1. The predicted molar refractivity (Wildman–Crippen MR) is 81.5 cm³/mol. The van der Waals surface area contributed by atoms with Crippen LogP contribution in [-0.2, 0) is 10.0 Å². The van der Waals surface area contributed by atoms with E-state index in [2.05, 4.69) is 36.6 Å². The van der Waals surface area contributed by atoms with Gasteiger partial charge in [-0.1, -0.05) is 45.7 Å². The van der Waals surface area contributed by atoms with Crippen molar-refractivity contribution in [2.45, 2.75) is 31.2 Å². The molecule has 1 unspecified atom stereocenters. The van der Waals surface area contributed by atoms with Gasteiger partial charge in [0.05, 0.1) is 0 Å². The van der Waals surface area contributed by atoms with Crippen LogP contribution in [0, 0.1) is 11.7 Å². The summed E-state index contributed by atoms with van der Waals surface area (Å²) >= 11 is 6.39. The topological polar surface area (TPSA) is 46.2 Å². The third-order valence-electron chi connectivity index (χ3n) is 2.71. The van der Waals surface area contributed by atoms with Gasteiger partial charge in [-0.15, -0.1) is 0 Å². The Labute approximate surface area is 130 Å². The molecular formula is C12H16Br2FNO2S. The van der Waals surface area contributed by atoms with Crippen molar-refractivity contribution in [2.75, 3.05) is 5.33 Å². The molecule has 0 bridgehead atoms. The minimum absolute atomic E-state index is 0.130. The van der Waals surface area contributed by atoms with Crippen molar-refractivity contribution in [3.63, 3.8) is 0 Å². The molecule has 0 heterocycles. The van der Waals surface area contributed by atoms with Gasteiger partial charge in [-0.05, 0) is 30.5 Å². The van der Waals surface area contributed by atoms with Gasteiger partial charge in [0.1, 0.15) is 10.7 Å². The highest BCUT2D eigenvalue weighted by atomic mass is 79.9. The Morgan fingerprint density at radius 2 is 2.00 bits per heavy atom. The Balaban J connectivity index is 3.03. The van der Waals surface area contributed by atoms with Crippen LogP contribution in [-0.4, -0.2) is 19.8 Å². The summed E-state index contributed by atoms with van der Waals surface area (Å²) in [6.07, 6.45) is 0.648. The molecule has 0 aliphatic rings. The van der Waals surface area contributed by atoms with Crippen molar-refractivity contribution in [1.82, 2.24) is 4.72 Å². The number of halogens is 3. The van der Waals surface area contributed by atoms with Gasteiger partial charge in [-0.2, -0.15) is 0 Å². The molecule has 1 atom stereocenters. The molecule has 1 N–H and O–H groups in total. The maximum atomic E-state index is 13.7. The largest absolute Gasteiger partial charge is 0.243 e. The average molecular weight is 417 g/mol. The van der Waals surface area contributed by atoms with Gasteiger partial charge in [0.25, 0.3) is 0 Å². The second-order valence-electron chi connectivity index (χ2n) is 4.52. The molecule has 7 heteroatoms. The van der Waals surface area contributed by atoms with E-state index >= 15 is 0 Å². The van der Waals surface area contributed by atoms with E-state index in [1.807, 2.05) is 13.8 Å². The summed E-state index contributed by atoms with van der Waals surface area (Å²) in [5, 5.41) is 0.682. The molecule has 108 valence electrons. The monoisotopic (exact) mass is 415 g/mol. The van der Waals surface area contributed by atoms with Gasteiger partial charge >= 0.3 is 0 Å². The second-order valence-corrected chi connectivity index (χ2v) is 7.92. The summed E-state index contributed by atoms with van der Waals surface area (Å²) in [5.41, 5.74) is 0. The first-order valence-electron chi connectivity index (χ1n) is 5.81. The fraction of sp³-hybridized carbons (Fsp3) is 0.500. The van der Waals surface area contributed by atoms with Crippen LogP contribution in [0.4, 0.5) is 4.39 Å². The Bertz CT molecular complexity index is 535. The summed E-state index contributed by atoms with van der Waals surface area (Å²) in [6, 6.07) is 3.68. The highest BCUT2D eigenvalue weighted by Crippen LogP contribution is 2.20. The van der Waals surface area contributed by atoms with E-state index in [9.17, 15) is 12.8 Å². The Kier molecular flexibility index (Phi) is 6.42. The van der Waals surface area contributed by atoms with E-state index in [-0.39, 0.29) is 16.9 Å². The fourth-order valence-electron chi connectivity index (χ4n) is 1.60. The van der Waals surface area contributed by atoms with Crippen molar-refractivity contribution in [3.05, 3.63) is 28.5 Å². The third-order valence-corrected chi connectivity index (χ3v) is 5.19. The number of hydrogen-bond donors (Lipinski definition) is 1. The van der Waals surface area contributed by atoms with Gasteiger partial charge in [0, 0.05) is 15.8 Å². The number of hydrogen-bond acceptors (Lipinski definition) is 2. The highest BCUT2D eigenvalue weighted by Gasteiger charge is 2.24. The smallest absolute Gasteiger partial charge is 0.208 e. The molecule has 0 saturated carbocycles. The van der Waals surface area contributed by atoms with Crippen molar-refractivity contribution >= 4 is 41.9 Å². The molecular weight excluding hydrogens is 401 g/mol. The number of alkyl halides is 1. The van der Waals surface area contributed by atoms with E-state index in [0.717, 1.165) is 6.07 Å². The summed E-state index contributed by atoms with van der Waals surface area (Å²) in [5.74, 6) is -0.631. The average Bonchev–Trinajstić information content (AvgIpc) is 2.27. The van der Waals surface area contributed by atoms with Crippen LogP contribution in [0.5, 0.6) is 0 Å². The molecule has 0 saturated heterocycles. The molecule has 0 radical (unpaired) electrons. The van der Waals surface area contributed by atoms with E-state index in [0.29, 0.717) is 16.2 Å². The lowest BCUT2D eigenvalue weighted by molar-refractivity contribution is 0.438. The molecule has 0 aromatic heterocycles. The first kappa shape index (κ1) is 17.1. The van der Waals surface area contributed by atoms with Crippen molar-refractivity contribution in [3.8, 4) is 0 Å². The van der Waals surface area contributed by atoms with E-state index in [4.69, 9.17) is 0 Å². The summed E-state index contributed by atoms with van der Waals surface area (Å²) in [7, 11) is -3.84. The lowest BCUT2D eigenvalue weighted by atomic mass is 10.0. The molecule has 1 aromatic rings. The highest BCUT2D eigenvalue weighted by molar-refractivity contribution is 9.10. The summed E-state index contributed by atoms with van der Waals surface area (Å²) < 4.78 is 41.1. The maximum Gasteiger partial charge on any atom is 0.243 e. The van der Waals surface area contributed by atoms with Crippen LogP contribution in [0.2, 0.25) is 0 Å². The zero-order valence-electron chi connectivity index (χ0n) is 10.7. The lowest BCUT2D eigenvalue weighted by Crippen LogP contribution is -2.39. The number of sulfonamides is 1. The summed E-state index contributed by atoms with van der Waals surface area (Å²) in [4.78, 5) is -0.323. The zero-order chi connectivity index (χ0) is 14.6. The zero-order valence-corrected chi connectivity index (χ0v) is 14.6. The quantitative estimate of drug-likeness (QED) is 0.719. The summed E-state index contributed by atoms with van der Waals surface area (Å²) in [6.45, 7) is 3.85. The van der Waals surface area contributed by atoms with Crippen LogP contribution in [0.3, 0.4) is 0 Å². The minimum Gasteiger partial charge on any atom is -0.208 e. The van der Waals surface area contributed by atoms with Gasteiger partial charge in [0.2, 0.25) is 10.0 Å². The molecule has 0 amide bonds.